The van der Waals surface area contributed by atoms with Crippen LogP contribution in [0.15, 0.2) is 41.8 Å². The van der Waals surface area contributed by atoms with Crippen molar-refractivity contribution in [1.29, 1.82) is 0 Å². The van der Waals surface area contributed by atoms with Crippen LogP contribution in [0.5, 0.6) is 0 Å². The average Bonchev–Trinajstić information content (AvgIpc) is 3.26. The second kappa shape index (κ2) is 5.99. The number of nitrogens with zero attached hydrogens (tertiary/aromatic N) is 2. The summed E-state index contributed by atoms with van der Waals surface area (Å²) >= 11 is 1.39. The molecular formula is C17H15N3O2S2. The van der Waals surface area contributed by atoms with E-state index < -0.39 is 10.8 Å². The molecule has 1 aromatic carbocycles. The van der Waals surface area contributed by atoms with Crippen molar-refractivity contribution in [2.45, 2.75) is 18.4 Å². The van der Waals surface area contributed by atoms with Crippen molar-refractivity contribution in [2.75, 3.05) is 5.32 Å². The topological polar surface area (TPSA) is 64.0 Å². The highest BCUT2D eigenvalue weighted by Gasteiger charge is 2.28. The molecule has 1 aliphatic rings. The summed E-state index contributed by atoms with van der Waals surface area (Å²) in [6.07, 6.45) is 0. The largest absolute Gasteiger partial charge is 0.305 e. The molecule has 0 radical (unpaired) electrons. The van der Waals surface area contributed by atoms with Crippen molar-refractivity contribution in [3.63, 3.8) is 0 Å². The zero-order valence-corrected chi connectivity index (χ0v) is 14.6. The molecule has 0 saturated carbocycles. The molecule has 7 heteroatoms. The van der Waals surface area contributed by atoms with Gasteiger partial charge in [0, 0.05) is 16.4 Å². The van der Waals surface area contributed by atoms with E-state index in [0.717, 1.165) is 22.5 Å². The number of fused-ring (bicyclic) bond motifs is 1. The van der Waals surface area contributed by atoms with Crippen LogP contribution in [0.1, 0.15) is 26.5 Å². The van der Waals surface area contributed by atoms with Crippen molar-refractivity contribution >= 4 is 33.9 Å². The minimum absolute atomic E-state index is 0.168. The Kier molecular flexibility index (Phi) is 3.82. The zero-order valence-electron chi connectivity index (χ0n) is 13.0. The van der Waals surface area contributed by atoms with E-state index in [1.165, 1.54) is 11.3 Å². The van der Waals surface area contributed by atoms with Gasteiger partial charge in [0.05, 0.1) is 27.8 Å². The molecular weight excluding hydrogens is 342 g/mol. The lowest BCUT2D eigenvalue weighted by atomic mass is 10.2. The van der Waals surface area contributed by atoms with Crippen LogP contribution in [0, 0.1) is 6.92 Å². The zero-order chi connectivity index (χ0) is 16.7. The van der Waals surface area contributed by atoms with Crippen LogP contribution in [0.25, 0.3) is 5.69 Å². The highest BCUT2D eigenvalue weighted by Crippen LogP contribution is 2.31. The highest BCUT2D eigenvalue weighted by molar-refractivity contribution is 7.83. The molecule has 0 fully saturated rings. The van der Waals surface area contributed by atoms with Gasteiger partial charge in [0.15, 0.2) is 0 Å². The van der Waals surface area contributed by atoms with E-state index >= 15 is 0 Å². The number of carbonyl (C=O) groups excluding carboxylic acids is 1. The van der Waals surface area contributed by atoms with Crippen molar-refractivity contribution in [3.05, 3.63) is 63.5 Å². The summed E-state index contributed by atoms with van der Waals surface area (Å²) in [7, 11) is -0.943. The summed E-state index contributed by atoms with van der Waals surface area (Å²) < 4.78 is 13.6. The standard InChI is InChI=1S/C17H15N3O2S2/c1-11-4-6-12(7-5-11)20-16(13-9-24(22)10-14(13)19-20)18-17(21)15-3-2-8-23-15/h2-8H,9-10H2,1H3,(H,18,21)/t24-/m1/s1. The first-order valence-electron chi connectivity index (χ1n) is 7.49. The van der Waals surface area contributed by atoms with E-state index in [-0.39, 0.29) is 5.91 Å². The molecule has 1 N–H and O–H groups in total. The molecule has 1 atom stereocenters. The van der Waals surface area contributed by atoms with Crippen molar-refractivity contribution in [1.82, 2.24) is 9.78 Å². The maximum Gasteiger partial charge on any atom is 0.266 e. The lowest BCUT2D eigenvalue weighted by molar-refractivity contribution is 0.102. The minimum Gasteiger partial charge on any atom is -0.305 e. The first kappa shape index (κ1) is 15.3. The highest BCUT2D eigenvalue weighted by atomic mass is 32.2. The molecule has 0 saturated heterocycles. The molecule has 0 spiro atoms. The average molecular weight is 357 g/mol. The molecule has 5 nitrogen and oxygen atoms in total. The van der Waals surface area contributed by atoms with E-state index in [9.17, 15) is 9.00 Å². The number of benzene rings is 1. The fraction of sp³-hybridized carbons (Fsp3) is 0.176. The smallest absolute Gasteiger partial charge is 0.266 e. The van der Waals surface area contributed by atoms with Gasteiger partial charge < -0.3 is 5.32 Å². The SMILES string of the molecule is Cc1ccc(-n2nc3c(c2NC(=O)c2cccs2)C[S@@](=O)C3)cc1. The third-order valence-corrected chi connectivity index (χ3v) is 6.00. The Morgan fingerprint density at radius 3 is 2.75 bits per heavy atom. The quantitative estimate of drug-likeness (QED) is 0.782. The van der Waals surface area contributed by atoms with Crippen LogP contribution >= 0.6 is 11.3 Å². The van der Waals surface area contributed by atoms with Gasteiger partial charge in [-0.3, -0.25) is 9.00 Å². The Morgan fingerprint density at radius 2 is 2.04 bits per heavy atom. The fourth-order valence-electron chi connectivity index (χ4n) is 2.71. The van der Waals surface area contributed by atoms with Gasteiger partial charge in [-0.2, -0.15) is 5.10 Å². The van der Waals surface area contributed by atoms with E-state index in [0.29, 0.717) is 22.2 Å². The molecule has 1 aliphatic heterocycles. The summed E-state index contributed by atoms with van der Waals surface area (Å²) in [6, 6.07) is 11.6. The monoisotopic (exact) mass is 357 g/mol. The van der Waals surface area contributed by atoms with Crippen molar-refractivity contribution in [3.8, 4) is 5.69 Å². The second-order valence-electron chi connectivity index (χ2n) is 5.68. The first-order chi connectivity index (χ1) is 11.6. The number of hydrogen-bond acceptors (Lipinski definition) is 4. The summed E-state index contributed by atoms with van der Waals surface area (Å²) in [5, 5.41) is 9.42. The number of anilines is 1. The molecule has 1 amide bonds. The summed E-state index contributed by atoms with van der Waals surface area (Å²) in [6.45, 7) is 2.02. The predicted molar refractivity (Wildman–Crippen MR) is 96.1 cm³/mol. The molecule has 2 aromatic heterocycles. The van der Waals surface area contributed by atoms with Crippen LogP contribution in [0.3, 0.4) is 0 Å². The molecule has 3 heterocycles. The number of thiophene rings is 1. The Labute approximate surface area is 145 Å². The molecule has 4 rings (SSSR count). The second-order valence-corrected chi connectivity index (χ2v) is 8.09. The van der Waals surface area contributed by atoms with Gasteiger partial charge >= 0.3 is 0 Å². The van der Waals surface area contributed by atoms with E-state index in [4.69, 9.17) is 0 Å². The van der Waals surface area contributed by atoms with Crippen LogP contribution in [-0.4, -0.2) is 19.9 Å². The molecule has 122 valence electrons. The number of nitrogens with one attached hydrogen (secondary N) is 1. The summed E-state index contributed by atoms with van der Waals surface area (Å²) in [5.74, 6) is 1.33. The van der Waals surface area contributed by atoms with Crippen molar-refractivity contribution in [2.24, 2.45) is 0 Å². The van der Waals surface area contributed by atoms with Gasteiger partial charge in [-0.25, -0.2) is 4.68 Å². The normalized spacial score (nSPS) is 16.1. The number of rotatable bonds is 3. The lowest BCUT2D eigenvalue weighted by Crippen LogP contribution is -2.15. The Balaban J connectivity index is 1.77. The molecule has 0 bridgehead atoms. The Bertz CT molecular complexity index is 928. The predicted octanol–water partition coefficient (Wildman–Crippen LogP) is 3.26. The third-order valence-electron chi connectivity index (χ3n) is 3.93. The number of aryl methyl sites for hydroxylation is 1. The van der Waals surface area contributed by atoms with Gasteiger partial charge in [0.1, 0.15) is 5.82 Å². The molecule has 0 unspecified atom stereocenters. The number of hydrogen-bond donors (Lipinski definition) is 1. The van der Waals surface area contributed by atoms with Crippen LogP contribution < -0.4 is 5.32 Å². The maximum atomic E-state index is 12.5. The van der Waals surface area contributed by atoms with Gasteiger partial charge in [-0.1, -0.05) is 23.8 Å². The summed E-state index contributed by atoms with van der Waals surface area (Å²) in [5.41, 5.74) is 3.71. The van der Waals surface area contributed by atoms with Crippen LogP contribution in [-0.2, 0) is 22.3 Å². The van der Waals surface area contributed by atoms with Crippen LogP contribution in [0.4, 0.5) is 5.82 Å². The van der Waals surface area contributed by atoms with Crippen molar-refractivity contribution < 1.29 is 9.00 Å². The third kappa shape index (κ3) is 2.70. The van der Waals surface area contributed by atoms with Gasteiger partial charge in [0.25, 0.3) is 5.91 Å². The minimum atomic E-state index is -0.943. The molecule has 24 heavy (non-hydrogen) atoms. The number of aromatic nitrogens is 2. The number of amides is 1. The summed E-state index contributed by atoms with van der Waals surface area (Å²) in [4.78, 5) is 13.1. The van der Waals surface area contributed by atoms with E-state index in [1.54, 1.807) is 10.7 Å². The Hall–Kier alpha value is -2.25. The van der Waals surface area contributed by atoms with E-state index in [1.807, 2.05) is 42.6 Å². The van der Waals surface area contributed by atoms with Crippen LogP contribution in [0.2, 0.25) is 0 Å². The van der Waals surface area contributed by atoms with Gasteiger partial charge in [-0.05, 0) is 30.5 Å². The molecule has 3 aromatic rings. The van der Waals surface area contributed by atoms with Gasteiger partial charge in [-0.15, -0.1) is 11.3 Å². The number of carbonyl (C=O) groups is 1. The lowest BCUT2D eigenvalue weighted by Gasteiger charge is -2.10. The molecule has 0 aliphatic carbocycles. The maximum absolute atomic E-state index is 12.5. The van der Waals surface area contributed by atoms with Gasteiger partial charge in [0.2, 0.25) is 0 Å². The Morgan fingerprint density at radius 1 is 1.25 bits per heavy atom. The van der Waals surface area contributed by atoms with E-state index in [2.05, 4.69) is 10.4 Å². The first-order valence-corrected chi connectivity index (χ1v) is 9.86. The fourth-order valence-corrected chi connectivity index (χ4v) is 4.59.